The zero-order chi connectivity index (χ0) is 23.6. The van der Waals surface area contributed by atoms with Gasteiger partial charge >= 0.3 is 0 Å². The second-order valence-electron chi connectivity index (χ2n) is 9.90. The van der Waals surface area contributed by atoms with E-state index in [0.29, 0.717) is 0 Å². The van der Waals surface area contributed by atoms with Crippen LogP contribution in [0.3, 0.4) is 0 Å². The SMILES string of the molecule is CC1(C)c2ccccc2-c2ccc(Nc3ccc4c(c3)c3c(n4-c4ccccc4)C=[C+]C=C3)cc21. The minimum atomic E-state index is -0.00677. The standard InChI is InChI=1S/C33H25N2/c1-33(2)29-14-8-6-12-25(29)26-18-16-23(21-30(26)33)34-22-17-19-32-28(20-22)27-13-7-9-15-31(27)35(32)24-10-4-3-5-11-24/h3-8,10-21,34H,1-2H3/q+1. The van der Waals surface area contributed by atoms with Crippen LogP contribution in [0.25, 0.3) is 39.9 Å². The lowest BCUT2D eigenvalue weighted by Gasteiger charge is -2.22. The summed E-state index contributed by atoms with van der Waals surface area (Å²) in [5, 5.41) is 4.92. The van der Waals surface area contributed by atoms with Gasteiger partial charge in [0.1, 0.15) is 17.7 Å². The lowest BCUT2D eigenvalue weighted by molar-refractivity contribution is 0.660. The van der Waals surface area contributed by atoms with E-state index in [1.165, 1.54) is 44.4 Å². The number of hydrogen-bond acceptors (Lipinski definition) is 1. The molecule has 0 fully saturated rings. The molecule has 0 amide bonds. The van der Waals surface area contributed by atoms with Crippen molar-refractivity contribution in [3.8, 4) is 16.8 Å². The van der Waals surface area contributed by atoms with Crippen molar-refractivity contribution in [3.63, 3.8) is 0 Å². The monoisotopic (exact) mass is 449 g/mol. The van der Waals surface area contributed by atoms with Gasteiger partial charge < -0.3 is 5.32 Å². The van der Waals surface area contributed by atoms with Gasteiger partial charge in [0.15, 0.2) is 5.69 Å². The van der Waals surface area contributed by atoms with Gasteiger partial charge in [-0.25, -0.2) is 0 Å². The van der Waals surface area contributed by atoms with Gasteiger partial charge in [-0.3, -0.25) is 4.57 Å². The van der Waals surface area contributed by atoms with Crippen LogP contribution in [0.1, 0.15) is 36.2 Å². The topological polar surface area (TPSA) is 17.0 Å². The molecule has 0 saturated heterocycles. The minimum absolute atomic E-state index is 0.00677. The van der Waals surface area contributed by atoms with Gasteiger partial charge in [-0.15, -0.1) is 0 Å². The molecule has 35 heavy (non-hydrogen) atoms. The van der Waals surface area contributed by atoms with Crippen LogP contribution < -0.4 is 5.32 Å². The molecule has 0 atom stereocenters. The van der Waals surface area contributed by atoms with Crippen LogP contribution in [0.4, 0.5) is 11.4 Å². The maximum Gasteiger partial charge on any atom is 0.166 e. The van der Waals surface area contributed by atoms with E-state index < -0.39 is 0 Å². The van der Waals surface area contributed by atoms with Crippen LogP contribution in [0.15, 0.2) is 97.1 Å². The highest BCUT2D eigenvalue weighted by atomic mass is 15.0. The molecule has 7 rings (SSSR count). The first-order valence-electron chi connectivity index (χ1n) is 12.1. The molecule has 1 N–H and O–H groups in total. The quantitative estimate of drug-likeness (QED) is 0.273. The summed E-state index contributed by atoms with van der Waals surface area (Å²) in [6.45, 7) is 4.64. The summed E-state index contributed by atoms with van der Waals surface area (Å²) >= 11 is 0. The summed E-state index contributed by atoms with van der Waals surface area (Å²) in [6, 6.07) is 32.8. The Hall–Kier alpha value is -4.39. The fraction of sp³-hybridized carbons (Fsp3) is 0.0909. The number of para-hydroxylation sites is 1. The molecule has 0 bridgehead atoms. The summed E-state index contributed by atoms with van der Waals surface area (Å²) < 4.78 is 2.32. The van der Waals surface area contributed by atoms with Crippen molar-refractivity contribution in [2.75, 3.05) is 5.32 Å². The zero-order valence-electron chi connectivity index (χ0n) is 19.8. The van der Waals surface area contributed by atoms with E-state index >= 15 is 0 Å². The highest BCUT2D eigenvalue weighted by molar-refractivity contribution is 5.98. The average molecular weight is 450 g/mol. The predicted octanol–water partition coefficient (Wildman–Crippen LogP) is 8.52. The Balaban J connectivity index is 1.31. The third-order valence-corrected chi connectivity index (χ3v) is 7.50. The van der Waals surface area contributed by atoms with Crippen LogP contribution >= 0.6 is 0 Å². The Morgan fingerprint density at radius 1 is 0.743 bits per heavy atom. The van der Waals surface area contributed by atoms with Gasteiger partial charge in [0.25, 0.3) is 0 Å². The van der Waals surface area contributed by atoms with E-state index in [0.717, 1.165) is 17.1 Å². The molecule has 1 aromatic heterocycles. The Morgan fingerprint density at radius 3 is 2.37 bits per heavy atom. The molecule has 5 aromatic rings. The molecule has 2 nitrogen and oxygen atoms in total. The van der Waals surface area contributed by atoms with Crippen molar-refractivity contribution in [1.29, 1.82) is 0 Å². The van der Waals surface area contributed by atoms with Gasteiger partial charge in [0, 0.05) is 28.3 Å². The molecule has 0 saturated carbocycles. The highest BCUT2D eigenvalue weighted by Crippen LogP contribution is 2.49. The number of fused-ring (bicyclic) bond motifs is 6. The first-order chi connectivity index (χ1) is 17.1. The maximum absolute atomic E-state index is 3.69. The third kappa shape index (κ3) is 2.94. The number of allylic oxidation sites excluding steroid dienone is 2. The molecule has 0 unspecified atom stereocenters. The Kier molecular flexibility index (Phi) is 4.18. The number of nitrogens with one attached hydrogen (secondary N) is 1. The second-order valence-corrected chi connectivity index (χ2v) is 9.90. The molecule has 2 aliphatic rings. The molecule has 2 heteroatoms. The van der Waals surface area contributed by atoms with Crippen molar-refractivity contribution in [1.82, 2.24) is 4.57 Å². The fourth-order valence-corrected chi connectivity index (χ4v) is 5.79. The molecule has 1 heterocycles. The summed E-state index contributed by atoms with van der Waals surface area (Å²) in [5.74, 6) is 0. The molecule has 2 aliphatic carbocycles. The molecule has 0 radical (unpaired) electrons. The van der Waals surface area contributed by atoms with E-state index in [1.807, 2.05) is 6.08 Å². The smallest absolute Gasteiger partial charge is 0.166 e. The van der Waals surface area contributed by atoms with Crippen LogP contribution in [-0.2, 0) is 5.41 Å². The van der Waals surface area contributed by atoms with E-state index in [4.69, 9.17) is 0 Å². The highest BCUT2D eigenvalue weighted by Gasteiger charge is 2.35. The summed E-state index contributed by atoms with van der Waals surface area (Å²) in [4.78, 5) is 0. The van der Waals surface area contributed by atoms with Gasteiger partial charge in [0.2, 0.25) is 0 Å². The third-order valence-electron chi connectivity index (χ3n) is 7.50. The molecule has 166 valence electrons. The van der Waals surface area contributed by atoms with Crippen molar-refractivity contribution in [2.24, 2.45) is 0 Å². The Morgan fingerprint density at radius 2 is 1.49 bits per heavy atom. The van der Waals surface area contributed by atoms with Gasteiger partial charge in [-0.05, 0) is 64.7 Å². The molecule has 0 aliphatic heterocycles. The number of benzene rings is 4. The normalized spacial score (nSPS) is 14.3. The first-order valence-corrected chi connectivity index (χ1v) is 12.1. The van der Waals surface area contributed by atoms with E-state index in [1.54, 1.807) is 0 Å². The number of anilines is 2. The van der Waals surface area contributed by atoms with Gasteiger partial charge in [0.05, 0.1) is 17.3 Å². The number of hydrogen-bond donors (Lipinski definition) is 1. The average Bonchev–Trinajstić information content (AvgIpc) is 3.34. The molecule has 4 aromatic carbocycles. The van der Waals surface area contributed by atoms with Crippen molar-refractivity contribution >= 4 is 34.4 Å². The van der Waals surface area contributed by atoms with Crippen LogP contribution in [0.5, 0.6) is 0 Å². The summed E-state index contributed by atoms with van der Waals surface area (Å²) in [6.07, 6.45) is 9.50. The van der Waals surface area contributed by atoms with Crippen molar-refractivity contribution < 1.29 is 0 Å². The second kappa shape index (κ2) is 7.30. The first kappa shape index (κ1) is 20.0. The van der Waals surface area contributed by atoms with Crippen molar-refractivity contribution in [3.05, 3.63) is 126 Å². The fourth-order valence-electron chi connectivity index (χ4n) is 5.79. The maximum atomic E-state index is 3.69. The van der Waals surface area contributed by atoms with Crippen molar-refractivity contribution in [2.45, 2.75) is 19.3 Å². The summed E-state index contributed by atoms with van der Waals surface area (Å²) in [7, 11) is 0. The van der Waals surface area contributed by atoms with Gasteiger partial charge in [-0.1, -0.05) is 62.4 Å². The predicted molar refractivity (Wildman–Crippen MR) is 147 cm³/mol. The van der Waals surface area contributed by atoms with Crippen LogP contribution in [0.2, 0.25) is 0 Å². The number of aromatic nitrogens is 1. The van der Waals surface area contributed by atoms with Gasteiger partial charge in [-0.2, -0.15) is 0 Å². The zero-order valence-corrected chi connectivity index (χ0v) is 19.8. The van der Waals surface area contributed by atoms with Crippen LogP contribution in [0, 0.1) is 6.08 Å². The summed E-state index contributed by atoms with van der Waals surface area (Å²) in [5.41, 5.74) is 12.4. The molecular formula is C33H25N2+. The molecule has 0 spiro atoms. The van der Waals surface area contributed by atoms with Crippen LogP contribution in [-0.4, -0.2) is 4.57 Å². The van der Waals surface area contributed by atoms with E-state index in [9.17, 15) is 0 Å². The number of nitrogens with zero attached hydrogens (tertiary/aromatic N) is 1. The van der Waals surface area contributed by atoms with E-state index in [-0.39, 0.29) is 5.41 Å². The Labute approximate surface area is 205 Å². The largest absolute Gasteiger partial charge is 0.355 e. The lowest BCUT2D eigenvalue weighted by Crippen LogP contribution is -2.15. The minimum Gasteiger partial charge on any atom is -0.355 e. The van der Waals surface area contributed by atoms with E-state index in [2.05, 4.69) is 133 Å². The lowest BCUT2D eigenvalue weighted by atomic mass is 9.82. The Bertz CT molecular complexity index is 1680. The number of rotatable bonds is 3. The molecular weight excluding hydrogens is 424 g/mol.